The molecule has 3 heteroatoms. The van der Waals surface area contributed by atoms with E-state index >= 15 is 0 Å². The van der Waals surface area contributed by atoms with Crippen LogP contribution in [0.25, 0.3) is 0 Å². The van der Waals surface area contributed by atoms with Gasteiger partial charge in [0.05, 0.1) is 0 Å². The predicted molar refractivity (Wildman–Crippen MR) is 109 cm³/mol. The fourth-order valence-corrected chi connectivity index (χ4v) is 11.6. The van der Waals surface area contributed by atoms with E-state index in [1.165, 1.54) is 25.7 Å². The quantitative estimate of drug-likeness (QED) is 0.464. The van der Waals surface area contributed by atoms with Gasteiger partial charge in [0.2, 0.25) is 0 Å². The van der Waals surface area contributed by atoms with E-state index in [1.54, 1.807) is 16.5 Å². The molecule has 126 valence electrons. The molecular formula is C20H33NSi2. The first-order chi connectivity index (χ1) is 10.9. The number of hydrogen-bond acceptors (Lipinski definition) is 1. The first-order valence-corrected chi connectivity index (χ1v) is 14.9. The molecule has 0 spiro atoms. The zero-order valence-corrected chi connectivity index (χ0v) is 17.8. The second-order valence-corrected chi connectivity index (χ2v) is 15.5. The number of unbranched alkanes of at least 4 members (excludes halogenated alkanes) is 2. The molecule has 1 unspecified atom stereocenters. The van der Waals surface area contributed by atoms with Gasteiger partial charge in [-0.25, -0.2) is 0 Å². The standard InChI is InChI=1S/C20H33NSi2/c1-6-7-9-13-18-14-12-17-20(18)21(23(3,4)5)22(2)19-15-10-8-11-16-19/h8,10-12,14-16,22H,6-7,9,13,17H2,1-5H3. The Morgan fingerprint density at radius 2 is 1.78 bits per heavy atom. The molecule has 0 fully saturated rings. The molecule has 0 N–H and O–H groups in total. The van der Waals surface area contributed by atoms with Crippen LogP contribution in [0.1, 0.15) is 39.0 Å². The lowest BCUT2D eigenvalue weighted by Crippen LogP contribution is -2.57. The summed E-state index contributed by atoms with van der Waals surface area (Å²) in [5.41, 5.74) is 3.28. The maximum Gasteiger partial charge on any atom is 0.160 e. The summed E-state index contributed by atoms with van der Waals surface area (Å²) in [6, 6.07) is 11.2. The van der Waals surface area contributed by atoms with Crippen LogP contribution in [0.15, 0.2) is 53.8 Å². The predicted octanol–water partition coefficient (Wildman–Crippen LogP) is 5.18. The van der Waals surface area contributed by atoms with Crippen molar-refractivity contribution in [3.8, 4) is 0 Å². The van der Waals surface area contributed by atoms with Crippen molar-refractivity contribution in [2.75, 3.05) is 0 Å². The summed E-state index contributed by atoms with van der Waals surface area (Å²) in [4.78, 5) is 0. The summed E-state index contributed by atoms with van der Waals surface area (Å²) in [6.07, 6.45) is 11.2. The number of rotatable bonds is 8. The van der Waals surface area contributed by atoms with Gasteiger partial charge in [0, 0.05) is 12.1 Å². The van der Waals surface area contributed by atoms with Crippen molar-refractivity contribution in [3.05, 3.63) is 53.8 Å². The van der Waals surface area contributed by atoms with Crippen LogP contribution in [0.3, 0.4) is 0 Å². The Morgan fingerprint density at radius 3 is 2.39 bits per heavy atom. The summed E-state index contributed by atoms with van der Waals surface area (Å²) in [7, 11) is -2.53. The van der Waals surface area contributed by atoms with Gasteiger partial charge in [-0.3, -0.25) is 0 Å². The average Bonchev–Trinajstić information content (AvgIpc) is 2.95. The Labute approximate surface area is 145 Å². The van der Waals surface area contributed by atoms with Crippen LogP contribution in [0, 0.1) is 0 Å². The lowest BCUT2D eigenvalue weighted by molar-refractivity contribution is 0.693. The molecule has 0 bridgehead atoms. The molecule has 0 radical (unpaired) electrons. The number of benzene rings is 1. The highest BCUT2D eigenvalue weighted by Crippen LogP contribution is 2.31. The van der Waals surface area contributed by atoms with Gasteiger partial charge < -0.3 is 4.23 Å². The maximum atomic E-state index is 2.92. The minimum Gasteiger partial charge on any atom is -0.426 e. The van der Waals surface area contributed by atoms with E-state index in [4.69, 9.17) is 0 Å². The lowest BCUT2D eigenvalue weighted by atomic mass is 10.1. The highest BCUT2D eigenvalue weighted by molar-refractivity contribution is 6.87. The van der Waals surface area contributed by atoms with Gasteiger partial charge in [-0.15, -0.1) is 0 Å². The molecule has 1 aromatic rings. The zero-order valence-electron chi connectivity index (χ0n) is 15.6. The van der Waals surface area contributed by atoms with E-state index in [0.29, 0.717) is 0 Å². The molecule has 1 nitrogen and oxygen atoms in total. The molecule has 2 rings (SSSR count). The first kappa shape index (κ1) is 18.3. The fraction of sp³-hybridized carbons (Fsp3) is 0.500. The van der Waals surface area contributed by atoms with E-state index < -0.39 is 17.2 Å². The minimum absolute atomic E-state index is 1.14. The van der Waals surface area contributed by atoms with Crippen molar-refractivity contribution in [1.29, 1.82) is 0 Å². The molecule has 0 amide bonds. The Balaban J connectivity index is 2.30. The van der Waals surface area contributed by atoms with Crippen LogP contribution >= 0.6 is 0 Å². The first-order valence-electron chi connectivity index (χ1n) is 9.18. The Bertz CT molecular complexity index is 555. The van der Waals surface area contributed by atoms with Crippen LogP contribution in [0.2, 0.25) is 26.2 Å². The Hall–Kier alpha value is -1.07. The van der Waals surface area contributed by atoms with Crippen LogP contribution in [-0.4, -0.2) is 21.4 Å². The number of hydrogen-bond donors (Lipinski definition) is 0. The van der Waals surface area contributed by atoms with Gasteiger partial charge in [-0.05, 0) is 23.6 Å². The van der Waals surface area contributed by atoms with Crippen molar-refractivity contribution in [2.45, 2.75) is 65.2 Å². The zero-order chi connectivity index (χ0) is 16.9. The van der Waals surface area contributed by atoms with Gasteiger partial charge in [-0.2, -0.15) is 0 Å². The molecular weight excluding hydrogens is 310 g/mol. The monoisotopic (exact) mass is 343 g/mol. The largest absolute Gasteiger partial charge is 0.426 e. The summed E-state index contributed by atoms with van der Waals surface area (Å²) in [5, 5.41) is 1.57. The molecule has 1 aliphatic carbocycles. The molecule has 1 aromatic carbocycles. The van der Waals surface area contributed by atoms with Crippen molar-refractivity contribution >= 4 is 22.4 Å². The molecule has 0 saturated heterocycles. The van der Waals surface area contributed by atoms with Crippen LogP contribution in [-0.2, 0) is 0 Å². The third kappa shape index (κ3) is 4.71. The van der Waals surface area contributed by atoms with E-state index in [-0.39, 0.29) is 0 Å². The third-order valence-corrected chi connectivity index (χ3v) is 12.4. The average molecular weight is 344 g/mol. The third-order valence-electron chi connectivity index (χ3n) is 4.73. The van der Waals surface area contributed by atoms with Crippen LogP contribution in [0.5, 0.6) is 0 Å². The molecule has 0 saturated carbocycles. The van der Waals surface area contributed by atoms with Gasteiger partial charge in [0.15, 0.2) is 8.96 Å². The van der Waals surface area contributed by atoms with Crippen LogP contribution < -0.4 is 5.19 Å². The SMILES string of the molecule is CCCCCC1=C(N([SiH](C)c2ccccc2)[Si](C)(C)C)CC=C1. The van der Waals surface area contributed by atoms with E-state index in [9.17, 15) is 0 Å². The van der Waals surface area contributed by atoms with Crippen molar-refractivity contribution in [3.63, 3.8) is 0 Å². The Kier molecular flexibility index (Phi) is 6.48. The summed E-state index contributed by atoms with van der Waals surface area (Å²) < 4.78 is 2.92. The molecule has 1 aliphatic rings. The smallest absolute Gasteiger partial charge is 0.160 e. The molecule has 0 aliphatic heterocycles. The second kappa shape index (κ2) is 8.16. The van der Waals surface area contributed by atoms with Crippen LogP contribution in [0.4, 0.5) is 0 Å². The van der Waals surface area contributed by atoms with Gasteiger partial charge in [0.25, 0.3) is 0 Å². The number of nitrogens with zero attached hydrogens (tertiary/aromatic N) is 1. The topological polar surface area (TPSA) is 3.24 Å². The fourth-order valence-electron chi connectivity index (χ4n) is 3.69. The van der Waals surface area contributed by atoms with Crippen molar-refractivity contribution in [2.24, 2.45) is 0 Å². The number of allylic oxidation sites excluding steroid dienone is 3. The normalized spacial score (nSPS) is 16.0. The van der Waals surface area contributed by atoms with Gasteiger partial charge in [0.1, 0.15) is 8.24 Å². The summed E-state index contributed by atoms with van der Waals surface area (Å²) >= 11 is 0. The summed E-state index contributed by atoms with van der Waals surface area (Å²) in [5.74, 6) is 0. The van der Waals surface area contributed by atoms with E-state index in [0.717, 1.165) is 6.42 Å². The van der Waals surface area contributed by atoms with Gasteiger partial charge in [-0.1, -0.05) is 88.4 Å². The minimum atomic E-state index is -1.39. The molecule has 23 heavy (non-hydrogen) atoms. The van der Waals surface area contributed by atoms with Crippen molar-refractivity contribution in [1.82, 2.24) is 4.23 Å². The highest BCUT2D eigenvalue weighted by atomic mass is 28.4. The van der Waals surface area contributed by atoms with E-state index in [2.05, 4.69) is 79.8 Å². The Morgan fingerprint density at radius 1 is 1.09 bits per heavy atom. The second-order valence-electron chi connectivity index (χ2n) is 7.66. The van der Waals surface area contributed by atoms with E-state index in [1.807, 2.05) is 0 Å². The van der Waals surface area contributed by atoms with Crippen molar-refractivity contribution < 1.29 is 0 Å². The lowest BCUT2D eigenvalue weighted by Gasteiger charge is -2.43. The highest BCUT2D eigenvalue weighted by Gasteiger charge is 2.33. The summed E-state index contributed by atoms with van der Waals surface area (Å²) in [6.45, 7) is 12.3. The van der Waals surface area contributed by atoms with Gasteiger partial charge >= 0.3 is 0 Å². The molecule has 1 atom stereocenters. The maximum absolute atomic E-state index is 2.92. The molecule has 0 aromatic heterocycles. The molecule has 0 heterocycles.